The second-order valence-corrected chi connectivity index (χ2v) is 2.52. The SMILES string of the molecule is N#CCNC1CCCC1. The topological polar surface area (TPSA) is 35.8 Å². The molecule has 0 saturated heterocycles. The molecule has 0 aliphatic heterocycles. The Balaban J connectivity index is 2.06. The van der Waals surface area contributed by atoms with E-state index in [4.69, 9.17) is 5.26 Å². The Morgan fingerprint density at radius 1 is 1.44 bits per heavy atom. The van der Waals surface area contributed by atoms with Gasteiger partial charge in [-0.05, 0) is 12.8 Å². The van der Waals surface area contributed by atoms with Crippen LogP contribution in [0.5, 0.6) is 0 Å². The van der Waals surface area contributed by atoms with Gasteiger partial charge in [0.2, 0.25) is 0 Å². The standard InChI is InChI=1S/C7H12N2/c8-5-6-9-7-3-1-2-4-7/h7,9H,1-4,6H2. The summed E-state index contributed by atoms with van der Waals surface area (Å²) in [4.78, 5) is 0. The van der Waals surface area contributed by atoms with E-state index in [0.717, 1.165) is 0 Å². The molecule has 0 radical (unpaired) electrons. The molecule has 1 saturated carbocycles. The van der Waals surface area contributed by atoms with Crippen molar-refractivity contribution in [2.75, 3.05) is 6.54 Å². The van der Waals surface area contributed by atoms with E-state index >= 15 is 0 Å². The molecule has 1 rings (SSSR count). The zero-order valence-corrected chi connectivity index (χ0v) is 5.56. The molecule has 0 aromatic heterocycles. The molecule has 0 amide bonds. The first-order valence-electron chi connectivity index (χ1n) is 3.54. The molecule has 1 N–H and O–H groups in total. The summed E-state index contributed by atoms with van der Waals surface area (Å²) in [6.45, 7) is 0.519. The minimum Gasteiger partial charge on any atom is -0.302 e. The van der Waals surface area contributed by atoms with Crippen LogP contribution in [0.25, 0.3) is 0 Å². The fraction of sp³-hybridized carbons (Fsp3) is 0.857. The van der Waals surface area contributed by atoms with E-state index in [9.17, 15) is 0 Å². The number of hydrogen-bond acceptors (Lipinski definition) is 2. The van der Waals surface area contributed by atoms with Gasteiger partial charge in [-0.25, -0.2) is 0 Å². The van der Waals surface area contributed by atoms with Crippen LogP contribution in [0, 0.1) is 11.3 Å². The third kappa shape index (κ3) is 2.03. The van der Waals surface area contributed by atoms with Gasteiger partial charge >= 0.3 is 0 Å². The first-order valence-corrected chi connectivity index (χ1v) is 3.54. The molecule has 0 heterocycles. The van der Waals surface area contributed by atoms with E-state index in [0.29, 0.717) is 12.6 Å². The van der Waals surface area contributed by atoms with Crippen LogP contribution >= 0.6 is 0 Å². The van der Waals surface area contributed by atoms with Crippen LogP contribution in [-0.4, -0.2) is 12.6 Å². The van der Waals surface area contributed by atoms with Crippen molar-refractivity contribution in [1.29, 1.82) is 5.26 Å². The Labute approximate surface area is 55.9 Å². The van der Waals surface area contributed by atoms with Crippen LogP contribution in [0.4, 0.5) is 0 Å². The maximum atomic E-state index is 8.21. The van der Waals surface area contributed by atoms with Gasteiger partial charge < -0.3 is 5.32 Å². The lowest BCUT2D eigenvalue weighted by Gasteiger charge is -2.05. The second-order valence-electron chi connectivity index (χ2n) is 2.52. The Morgan fingerprint density at radius 3 is 2.67 bits per heavy atom. The van der Waals surface area contributed by atoms with Crippen LogP contribution in [0.15, 0.2) is 0 Å². The third-order valence-corrected chi connectivity index (χ3v) is 1.82. The lowest BCUT2D eigenvalue weighted by molar-refractivity contribution is 0.559. The molecule has 1 aliphatic carbocycles. The van der Waals surface area contributed by atoms with E-state index in [-0.39, 0.29) is 0 Å². The number of nitriles is 1. The van der Waals surface area contributed by atoms with Crippen LogP contribution < -0.4 is 5.32 Å². The Hall–Kier alpha value is -0.550. The van der Waals surface area contributed by atoms with Crippen molar-refractivity contribution in [2.45, 2.75) is 31.7 Å². The van der Waals surface area contributed by atoms with E-state index in [1.165, 1.54) is 25.7 Å². The monoisotopic (exact) mass is 124 g/mol. The molecule has 0 unspecified atom stereocenters. The molecule has 50 valence electrons. The first kappa shape index (κ1) is 6.57. The van der Waals surface area contributed by atoms with Crippen LogP contribution in [-0.2, 0) is 0 Å². The molecule has 0 spiro atoms. The highest BCUT2D eigenvalue weighted by Crippen LogP contribution is 2.16. The van der Waals surface area contributed by atoms with Gasteiger partial charge in [-0.2, -0.15) is 5.26 Å². The maximum absolute atomic E-state index is 8.21. The van der Waals surface area contributed by atoms with Crippen molar-refractivity contribution in [1.82, 2.24) is 5.32 Å². The van der Waals surface area contributed by atoms with Gasteiger partial charge in [0.05, 0.1) is 12.6 Å². The fourth-order valence-electron chi connectivity index (χ4n) is 1.32. The Morgan fingerprint density at radius 2 is 2.11 bits per heavy atom. The van der Waals surface area contributed by atoms with Crippen molar-refractivity contribution in [3.8, 4) is 6.07 Å². The molecular formula is C7H12N2. The average Bonchev–Trinajstić information content (AvgIpc) is 2.34. The second kappa shape index (κ2) is 3.47. The summed E-state index contributed by atoms with van der Waals surface area (Å²) in [5.74, 6) is 0. The molecule has 2 heteroatoms. The first-order chi connectivity index (χ1) is 4.43. The molecule has 1 fully saturated rings. The summed E-state index contributed by atoms with van der Waals surface area (Å²) in [6.07, 6.45) is 5.20. The van der Waals surface area contributed by atoms with E-state index < -0.39 is 0 Å². The Kier molecular flexibility index (Phi) is 2.53. The third-order valence-electron chi connectivity index (χ3n) is 1.82. The van der Waals surface area contributed by atoms with Gasteiger partial charge in [0, 0.05) is 6.04 Å². The number of hydrogen-bond donors (Lipinski definition) is 1. The molecule has 0 aromatic rings. The summed E-state index contributed by atoms with van der Waals surface area (Å²) < 4.78 is 0. The molecule has 1 aliphatic rings. The minimum absolute atomic E-state index is 0.519. The van der Waals surface area contributed by atoms with E-state index in [1.54, 1.807) is 0 Å². The van der Waals surface area contributed by atoms with Crippen molar-refractivity contribution in [3.05, 3.63) is 0 Å². The van der Waals surface area contributed by atoms with Gasteiger partial charge in [-0.1, -0.05) is 12.8 Å². The predicted octanol–water partition coefficient (Wildman–Crippen LogP) is 1.04. The zero-order valence-electron chi connectivity index (χ0n) is 5.56. The summed E-state index contributed by atoms with van der Waals surface area (Å²) in [5.41, 5.74) is 0. The minimum atomic E-state index is 0.519. The quantitative estimate of drug-likeness (QED) is 0.558. The van der Waals surface area contributed by atoms with Gasteiger partial charge in [0.15, 0.2) is 0 Å². The van der Waals surface area contributed by atoms with Crippen LogP contribution in [0.1, 0.15) is 25.7 Å². The largest absolute Gasteiger partial charge is 0.302 e. The molecule has 0 bridgehead atoms. The molecular weight excluding hydrogens is 112 g/mol. The zero-order chi connectivity index (χ0) is 6.53. The maximum Gasteiger partial charge on any atom is 0.0843 e. The fourth-order valence-corrected chi connectivity index (χ4v) is 1.32. The lowest BCUT2D eigenvalue weighted by Crippen LogP contribution is -2.25. The predicted molar refractivity (Wildman–Crippen MR) is 35.9 cm³/mol. The lowest BCUT2D eigenvalue weighted by atomic mass is 10.2. The van der Waals surface area contributed by atoms with Crippen LogP contribution in [0.2, 0.25) is 0 Å². The van der Waals surface area contributed by atoms with Gasteiger partial charge in [-0.15, -0.1) is 0 Å². The number of nitrogens with zero attached hydrogens (tertiary/aromatic N) is 1. The number of rotatable bonds is 2. The van der Waals surface area contributed by atoms with Crippen molar-refractivity contribution in [2.24, 2.45) is 0 Å². The molecule has 2 nitrogen and oxygen atoms in total. The van der Waals surface area contributed by atoms with Gasteiger partial charge in [0.25, 0.3) is 0 Å². The number of nitrogens with one attached hydrogen (secondary N) is 1. The molecule has 0 aromatic carbocycles. The highest BCUT2D eigenvalue weighted by atomic mass is 14.9. The summed E-state index contributed by atoms with van der Waals surface area (Å²) >= 11 is 0. The normalized spacial score (nSPS) is 19.9. The highest BCUT2D eigenvalue weighted by molar-refractivity contribution is 4.80. The summed E-state index contributed by atoms with van der Waals surface area (Å²) in [5, 5.41) is 11.4. The highest BCUT2D eigenvalue weighted by Gasteiger charge is 2.12. The smallest absolute Gasteiger partial charge is 0.0843 e. The van der Waals surface area contributed by atoms with E-state index in [2.05, 4.69) is 11.4 Å². The average molecular weight is 124 g/mol. The van der Waals surface area contributed by atoms with Crippen molar-refractivity contribution >= 4 is 0 Å². The summed E-state index contributed by atoms with van der Waals surface area (Å²) in [7, 11) is 0. The molecule has 9 heavy (non-hydrogen) atoms. The summed E-state index contributed by atoms with van der Waals surface area (Å²) in [6, 6.07) is 2.73. The van der Waals surface area contributed by atoms with Gasteiger partial charge in [0.1, 0.15) is 0 Å². The van der Waals surface area contributed by atoms with Crippen molar-refractivity contribution in [3.63, 3.8) is 0 Å². The Bertz CT molecular complexity index is 109. The van der Waals surface area contributed by atoms with Gasteiger partial charge in [-0.3, -0.25) is 0 Å². The van der Waals surface area contributed by atoms with E-state index in [1.807, 2.05) is 0 Å². The van der Waals surface area contributed by atoms with Crippen molar-refractivity contribution < 1.29 is 0 Å². The molecule has 0 atom stereocenters. The van der Waals surface area contributed by atoms with Crippen LogP contribution in [0.3, 0.4) is 0 Å².